The van der Waals surface area contributed by atoms with Crippen LogP contribution in [0.5, 0.6) is 0 Å². The molecule has 0 bridgehead atoms. The minimum absolute atomic E-state index is 0.171. The molecule has 0 radical (unpaired) electrons. The number of aliphatic hydroxyl groups is 1. The molecule has 1 aliphatic heterocycles. The van der Waals surface area contributed by atoms with Crippen LogP contribution in [0.3, 0.4) is 0 Å². The molecule has 5 heteroatoms. The van der Waals surface area contributed by atoms with E-state index in [-0.39, 0.29) is 12.0 Å². The molecule has 1 saturated carbocycles. The molecule has 0 spiro atoms. The summed E-state index contributed by atoms with van der Waals surface area (Å²) in [4.78, 5) is 18.5. The molecule has 2 aliphatic rings. The lowest BCUT2D eigenvalue weighted by molar-refractivity contribution is 0.0958. The van der Waals surface area contributed by atoms with Gasteiger partial charge in [0.05, 0.1) is 6.10 Å². The Labute approximate surface area is 131 Å². The molecule has 2 fully saturated rings. The molecule has 2 heterocycles. The van der Waals surface area contributed by atoms with Gasteiger partial charge in [0, 0.05) is 19.6 Å². The second-order valence-electron chi connectivity index (χ2n) is 6.47. The Bertz CT molecular complexity index is 528. The molecule has 3 rings (SSSR count). The highest BCUT2D eigenvalue weighted by atomic mass is 16.3. The third-order valence-corrected chi connectivity index (χ3v) is 5.00. The first-order valence-corrected chi connectivity index (χ1v) is 8.33. The molecule has 1 amide bonds. The second-order valence-corrected chi connectivity index (χ2v) is 6.47. The Morgan fingerprint density at radius 3 is 2.82 bits per heavy atom. The fraction of sp³-hybridized carbons (Fsp3) is 0.647. The van der Waals surface area contributed by atoms with E-state index in [1.165, 1.54) is 32.1 Å². The number of carbonyl (C=O) groups excluding carboxylic acids is 1. The Hall–Kier alpha value is -1.62. The molecule has 1 aromatic rings. The minimum Gasteiger partial charge on any atom is -0.391 e. The van der Waals surface area contributed by atoms with Crippen molar-refractivity contribution >= 4 is 11.7 Å². The number of aliphatic hydroxyl groups excluding tert-OH is 1. The first-order chi connectivity index (χ1) is 10.7. The largest absolute Gasteiger partial charge is 0.391 e. The zero-order valence-electron chi connectivity index (χ0n) is 13.2. The van der Waals surface area contributed by atoms with Crippen LogP contribution < -0.4 is 10.2 Å². The molecular formula is C17H25N3O2. The zero-order valence-corrected chi connectivity index (χ0v) is 13.2. The highest BCUT2D eigenvalue weighted by Gasteiger charge is 2.37. The van der Waals surface area contributed by atoms with Gasteiger partial charge < -0.3 is 15.3 Å². The average molecular weight is 303 g/mol. The number of β-amino-alcohol motifs (C(OH)–C–C–N with tert-alkyl or cyclic N) is 1. The van der Waals surface area contributed by atoms with Crippen LogP contribution in [0, 0.1) is 5.92 Å². The van der Waals surface area contributed by atoms with Crippen molar-refractivity contribution in [3.63, 3.8) is 0 Å². The molecule has 1 aromatic heterocycles. The van der Waals surface area contributed by atoms with Crippen LogP contribution in [0.1, 0.15) is 49.0 Å². The normalized spacial score (nSPS) is 26.2. The van der Waals surface area contributed by atoms with Crippen LogP contribution in [-0.2, 0) is 0 Å². The maximum absolute atomic E-state index is 11.8. The Kier molecular flexibility index (Phi) is 4.62. The monoisotopic (exact) mass is 303 g/mol. The van der Waals surface area contributed by atoms with Gasteiger partial charge in [0.2, 0.25) is 0 Å². The van der Waals surface area contributed by atoms with E-state index in [9.17, 15) is 9.90 Å². The Morgan fingerprint density at radius 1 is 1.32 bits per heavy atom. The number of nitrogens with zero attached hydrogens (tertiary/aromatic N) is 2. The molecule has 22 heavy (non-hydrogen) atoms. The van der Waals surface area contributed by atoms with Crippen molar-refractivity contribution < 1.29 is 9.90 Å². The topological polar surface area (TPSA) is 65.5 Å². The molecule has 120 valence electrons. The van der Waals surface area contributed by atoms with Crippen molar-refractivity contribution in [1.82, 2.24) is 10.3 Å². The summed E-state index contributed by atoms with van der Waals surface area (Å²) in [6.07, 6.45) is 6.91. The standard InChI is InChI=1S/C17H25N3O2/c1-18-17(22)14-8-5-9-16(19-14)20-11-13(21)10-15(20)12-6-3-2-4-7-12/h5,8-9,12-13,15,21H,2-4,6-7,10-11H2,1H3,(H,18,22). The molecular weight excluding hydrogens is 278 g/mol. The van der Waals surface area contributed by atoms with Gasteiger partial charge >= 0.3 is 0 Å². The van der Waals surface area contributed by atoms with Gasteiger partial charge in [-0.15, -0.1) is 0 Å². The number of aromatic nitrogens is 1. The van der Waals surface area contributed by atoms with E-state index in [0.29, 0.717) is 24.2 Å². The van der Waals surface area contributed by atoms with E-state index in [1.807, 2.05) is 12.1 Å². The first kappa shape index (κ1) is 15.3. The number of hydrogen-bond acceptors (Lipinski definition) is 4. The number of rotatable bonds is 3. The average Bonchev–Trinajstić information content (AvgIpc) is 2.97. The van der Waals surface area contributed by atoms with Gasteiger partial charge in [-0.05, 0) is 37.3 Å². The number of carbonyl (C=O) groups is 1. The molecule has 0 aromatic carbocycles. The van der Waals surface area contributed by atoms with Gasteiger partial charge in [-0.3, -0.25) is 4.79 Å². The molecule has 2 atom stereocenters. The molecule has 2 unspecified atom stereocenters. The highest BCUT2D eigenvalue weighted by molar-refractivity contribution is 5.92. The number of hydrogen-bond donors (Lipinski definition) is 2. The maximum atomic E-state index is 11.8. The predicted molar refractivity (Wildman–Crippen MR) is 86.0 cm³/mol. The van der Waals surface area contributed by atoms with Crippen molar-refractivity contribution in [1.29, 1.82) is 0 Å². The number of anilines is 1. The van der Waals surface area contributed by atoms with E-state index < -0.39 is 0 Å². The molecule has 1 saturated heterocycles. The van der Waals surface area contributed by atoms with Gasteiger partial charge in [-0.25, -0.2) is 4.98 Å². The van der Waals surface area contributed by atoms with Crippen molar-refractivity contribution in [2.45, 2.75) is 50.7 Å². The Balaban J connectivity index is 1.83. The van der Waals surface area contributed by atoms with Crippen LogP contribution in [0.2, 0.25) is 0 Å². The number of pyridine rings is 1. The Morgan fingerprint density at radius 2 is 2.09 bits per heavy atom. The highest BCUT2D eigenvalue weighted by Crippen LogP contribution is 2.36. The lowest BCUT2D eigenvalue weighted by Crippen LogP contribution is -2.37. The summed E-state index contributed by atoms with van der Waals surface area (Å²) in [6.45, 7) is 0.616. The summed E-state index contributed by atoms with van der Waals surface area (Å²) < 4.78 is 0. The third-order valence-electron chi connectivity index (χ3n) is 5.00. The van der Waals surface area contributed by atoms with Crippen molar-refractivity contribution in [3.8, 4) is 0 Å². The molecule has 5 nitrogen and oxygen atoms in total. The van der Waals surface area contributed by atoms with Crippen LogP contribution in [0.25, 0.3) is 0 Å². The smallest absolute Gasteiger partial charge is 0.269 e. The van der Waals surface area contributed by atoms with Crippen molar-refractivity contribution in [3.05, 3.63) is 23.9 Å². The quantitative estimate of drug-likeness (QED) is 0.896. The third kappa shape index (κ3) is 3.09. The van der Waals surface area contributed by atoms with E-state index in [1.54, 1.807) is 13.1 Å². The summed E-state index contributed by atoms with van der Waals surface area (Å²) >= 11 is 0. The van der Waals surface area contributed by atoms with Gasteiger partial charge in [-0.2, -0.15) is 0 Å². The minimum atomic E-state index is -0.294. The summed E-state index contributed by atoms with van der Waals surface area (Å²) in [5.41, 5.74) is 0.434. The van der Waals surface area contributed by atoms with Gasteiger partial charge in [0.15, 0.2) is 0 Å². The van der Waals surface area contributed by atoms with Gasteiger partial charge in [-0.1, -0.05) is 25.3 Å². The SMILES string of the molecule is CNC(=O)c1cccc(N2CC(O)CC2C2CCCCC2)n1. The van der Waals surface area contributed by atoms with E-state index in [0.717, 1.165) is 12.2 Å². The molecule has 2 N–H and O–H groups in total. The summed E-state index contributed by atoms with van der Waals surface area (Å²) in [7, 11) is 1.61. The first-order valence-electron chi connectivity index (χ1n) is 8.33. The van der Waals surface area contributed by atoms with E-state index >= 15 is 0 Å². The van der Waals surface area contributed by atoms with Crippen molar-refractivity contribution in [2.24, 2.45) is 5.92 Å². The van der Waals surface area contributed by atoms with E-state index in [4.69, 9.17) is 0 Å². The van der Waals surface area contributed by atoms with Crippen LogP contribution in [0.15, 0.2) is 18.2 Å². The van der Waals surface area contributed by atoms with E-state index in [2.05, 4.69) is 15.2 Å². The number of amides is 1. The lowest BCUT2D eigenvalue weighted by Gasteiger charge is -2.34. The predicted octanol–water partition coefficient (Wildman–Crippen LogP) is 1.96. The van der Waals surface area contributed by atoms with Crippen molar-refractivity contribution in [2.75, 3.05) is 18.5 Å². The summed E-state index contributed by atoms with van der Waals surface area (Å²) in [6, 6.07) is 5.89. The number of nitrogens with one attached hydrogen (secondary N) is 1. The van der Waals surface area contributed by atoms with Crippen LogP contribution in [0.4, 0.5) is 5.82 Å². The summed E-state index contributed by atoms with van der Waals surface area (Å²) in [5.74, 6) is 1.28. The second kappa shape index (κ2) is 6.65. The van der Waals surface area contributed by atoms with Gasteiger partial charge in [0.1, 0.15) is 11.5 Å². The van der Waals surface area contributed by atoms with Gasteiger partial charge in [0.25, 0.3) is 5.91 Å². The maximum Gasteiger partial charge on any atom is 0.269 e. The fourth-order valence-electron chi connectivity index (χ4n) is 3.91. The van der Waals surface area contributed by atoms with Crippen LogP contribution >= 0.6 is 0 Å². The fourth-order valence-corrected chi connectivity index (χ4v) is 3.91. The zero-order chi connectivity index (χ0) is 15.5. The molecule has 1 aliphatic carbocycles. The van der Waals surface area contributed by atoms with Crippen LogP contribution in [-0.4, -0.2) is 41.7 Å². The summed E-state index contributed by atoms with van der Waals surface area (Å²) in [5, 5.41) is 12.8. The lowest BCUT2D eigenvalue weighted by atomic mass is 9.83.